The van der Waals surface area contributed by atoms with Crippen molar-refractivity contribution in [2.45, 2.75) is 63.8 Å². The van der Waals surface area contributed by atoms with Crippen LogP contribution in [0.25, 0.3) is 0 Å². The van der Waals surface area contributed by atoms with Gasteiger partial charge in [-0.25, -0.2) is 4.79 Å². The number of fused-ring (bicyclic) bond motifs is 5. The van der Waals surface area contributed by atoms with Crippen molar-refractivity contribution in [2.75, 3.05) is 7.11 Å². The molecule has 154 valence electrons. The van der Waals surface area contributed by atoms with Gasteiger partial charge in [0.05, 0.1) is 13.2 Å². The third kappa shape index (κ3) is 2.37. The standard InChI is InChI=1S/C22H30O6/c1-20-8-6-13(23)10-12(20)4-5-14-15-7-9-22(27,18(25)19(26)28-3)21(15,2)11-16(24)17(14)20/h6,8,10,14-18,24-25,27H,4-5,7,9,11H2,1-3H3/t14?,15?,16?,17?,18-,20+,21+,22+/m1/s1. The molecule has 6 nitrogen and oxygen atoms in total. The molecule has 0 aromatic heterocycles. The predicted molar refractivity (Wildman–Crippen MR) is 101 cm³/mol. The number of hydrogen-bond acceptors (Lipinski definition) is 6. The molecule has 0 aliphatic heterocycles. The number of aliphatic hydroxyl groups is 3. The summed E-state index contributed by atoms with van der Waals surface area (Å²) in [5.74, 6) is -0.664. The van der Waals surface area contributed by atoms with Crippen molar-refractivity contribution in [2.24, 2.45) is 28.6 Å². The van der Waals surface area contributed by atoms with Gasteiger partial charge in [0.1, 0.15) is 5.60 Å². The molecule has 0 radical (unpaired) electrons. The second kappa shape index (κ2) is 6.25. The molecule has 0 heterocycles. The number of carbonyl (C=O) groups excluding carboxylic acids is 2. The fourth-order valence-electron chi connectivity index (χ4n) is 7.12. The average molecular weight is 390 g/mol. The summed E-state index contributed by atoms with van der Waals surface area (Å²) in [5.41, 5.74) is -1.70. The molecule has 4 unspecified atom stereocenters. The van der Waals surface area contributed by atoms with Crippen LogP contribution in [-0.4, -0.2) is 52.0 Å². The number of aliphatic hydroxyl groups excluding tert-OH is 2. The predicted octanol–water partition coefficient (Wildman–Crippen LogP) is 1.53. The Balaban J connectivity index is 1.72. The fraction of sp³-hybridized carbons (Fsp3) is 0.727. The van der Waals surface area contributed by atoms with Crippen molar-refractivity contribution in [3.05, 3.63) is 23.8 Å². The SMILES string of the molecule is COC(=O)[C@@H](O)[C@@]1(O)CCC2C3CCC4=CC(=O)C=C[C@]4(C)C3C(O)C[C@@]21C. The molecule has 4 aliphatic carbocycles. The van der Waals surface area contributed by atoms with Gasteiger partial charge >= 0.3 is 5.97 Å². The lowest BCUT2D eigenvalue weighted by Gasteiger charge is -2.60. The zero-order chi connectivity index (χ0) is 20.5. The van der Waals surface area contributed by atoms with Gasteiger partial charge in [-0.3, -0.25) is 4.79 Å². The largest absolute Gasteiger partial charge is 0.467 e. The number of carbonyl (C=O) groups is 2. The van der Waals surface area contributed by atoms with E-state index in [4.69, 9.17) is 0 Å². The lowest BCUT2D eigenvalue weighted by atomic mass is 9.46. The molecule has 3 fully saturated rings. The minimum Gasteiger partial charge on any atom is -0.467 e. The van der Waals surface area contributed by atoms with E-state index in [1.54, 1.807) is 12.2 Å². The van der Waals surface area contributed by atoms with Crippen LogP contribution >= 0.6 is 0 Å². The Hall–Kier alpha value is -1.50. The van der Waals surface area contributed by atoms with Crippen LogP contribution in [0.5, 0.6) is 0 Å². The lowest BCUT2D eigenvalue weighted by molar-refractivity contribution is -0.209. The van der Waals surface area contributed by atoms with Gasteiger partial charge in [0.2, 0.25) is 0 Å². The van der Waals surface area contributed by atoms with Crippen LogP contribution in [0.15, 0.2) is 23.8 Å². The Bertz CT molecular complexity index is 771. The Kier molecular flexibility index (Phi) is 4.42. The number of hydrogen-bond donors (Lipinski definition) is 3. The van der Waals surface area contributed by atoms with Gasteiger partial charge in [-0.05, 0) is 56.1 Å². The Labute approximate surface area is 165 Å². The van der Waals surface area contributed by atoms with Gasteiger partial charge in [-0.2, -0.15) is 0 Å². The van der Waals surface area contributed by atoms with Crippen LogP contribution < -0.4 is 0 Å². The smallest absolute Gasteiger partial charge is 0.337 e. The highest BCUT2D eigenvalue weighted by atomic mass is 16.5. The van der Waals surface area contributed by atoms with Gasteiger partial charge in [0, 0.05) is 16.7 Å². The summed E-state index contributed by atoms with van der Waals surface area (Å²) in [6.45, 7) is 3.99. The molecule has 0 spiro atoms. The summed E-state index contributed by atoms with van der Waals surface area (Å²) in [6.07, 6.45) is 5.82. The fourth-order valence-corrected chi connectivity index (χ4v) is 7.12. The van der Waals surface area contributed by atoms with E-state index in [0.29, 0.717) is 19.3 Å². The number of methoxy groups -OCH3 is 1. The number of ketones is 1. The summed E-state index contributed by atoms with van der Waals surface area (Å²) in [7, 11) is 1.20. The van der Waals surface area contributed by atoms with E-state index in [-0.39, 0.29) is 29.0 Å². The number of ether oxygens (including phenoxy) is 1. The van der Waals surface area contributed by atoms with Gasteiger partial charge in [0.25, 0.3) is 0 Å². The first kappa shape index (κ1) is 19.8. The lowest BCUT2D eigenvalue weighted by Crippen LogP contribution is -2.63. The Morgan fingerprint density at radius 2 is 2.04 bits per heavy atom. The zero-order valence-electron chi connectivity index (χ0n) is 16.7. The molecule has 8 atom stereocenters. The molecule has 0 bridgehead atoms. The molecule has 0 aromatic carbocycles. The maximum atomic E-state index is 12.0. The molecule has 6 heteroatoms. The second-order valence-electron chi connectivity index (χ2n) is 9.60. The molecular formula is C22H30O6. The molecule has 3 saturated carbocycles. The first-order chi connectivity index (χ1) is 13.1. The molecule has 0 aromatic rings. The summed E-state index contributed by atoms with van der Waals surface area (Å²) >= 11 is 0. The van der Waals surface area contributed by atoms with Crippen LogP contribution in [-0.2, 0) is 14.3 Å². The van der Waals surface area contributed by atoms with Crippen LogP contribution in [0.1, 0.15) is 46.0 Å². The van der Waals surface area contributed by atoms with Crippen molar-refractivity contribution in [1.82, 2.24) is 0 Å². The highest BCUT2D eigenvalue weighted by Gasteiger charge is 2.68. The summed E-state index contributed by atoms with van der Waals surface area (Å²) in [6, 6.07) is 0. The molecule has 28 heavy (non-hydrogen) atoms. The van der Waals surface area contributed by atoms with E-state index in [0.717, 1.165) is 18.4 Å². The first-order valence-corrected chi connectivity index (χ1v) is 10.2. The number of esters is 1. The van der Waals surface area contributed by atoms with Crippen LogP contribution in [0.3, 0.4) is 0 Å². The average Bonchev–Trinajstić information content (AvgIpc) is 2.92. The minimum atomic E-state index is -1.63. The molecule has 0 saturated heterocycles. The Morgan fingerprint density at radius 3 is 2.71 bits per heavy atom. The third-order valence-corrected chi connectivity index (χ3v) is 8.59. The van der Waals surface area contributed by atoms with Gasteiger partial charge in [-0.15, -0.1) is 0 Å². The van der Waals surface area contributed by atoms with Gasteiger partial charge < -0.3 is 20.1 Å². The molecule has 4 aliphatic rings. The van der Waals surface area contributed by atoms with Crippen LogP contribution in [0.4, 0.5) is 0 Å². The van der Waals surface area contributed by atoms with E-state index in [1.807, 2.05) is 13.0 Å². The first-order valence-electron chi connectivity index (χ1n) is 10.2. The van der Waals surface area contributed by atoms with Crippen molar-refractivity contribution >= 4 is 11.8 Å². The molecular weight excluding hydrogens is 360 g/mol. The summed E-state index contributed by atoms with van der Waals surface area (Å²) in [4.78, 5) is 23.9. The minimum absolute atomic E-state index is 0.00231. The topological polar surface area (TPSA) is 104 Å². The van der Waals surface area contributed by atoms with E-state index in [1.165, 1.54) is 7.11 Å². The van der Waals surface area contributed by atoms with Crippen molar-refractivity contribution in [1.29, 1.82) is 0 Å². The highest BCUT2D eigenvalue weighted by molar-refractivity contribution is 6.01. The monoisotopic (exact) mass is 390 g/mol. The molecule has 3 N–H and O–H groups in total. The summed E-state index contributed by atoms with van der Waals surface area (Å²) in [5, 5.41) is 33.2. The highest BCUT2D eigenvalue weighted by Crippen LogP contribution is 2.67. The van der Waals surface area contributed by atoms with Crippen LogP contribution in [0.2, 0.25) is 0 Å². The van der Waals surface area contributed by atoms with E-state index >= 15 is 0 Å². The maximum absolute atomic E-state index is 12.0. The van der Waals surface area contributed by atoms with E-state index < -0.39 is 29.2 Å². The number of rotatable bonds is 2. The van der Waals surface area contributed by atoms with Gasteiger partial charge in [0.15, 0.2) is 11.9 Å². The van der Waals surface area contributed by atoms with Crippen molar-refractivity contribution < 1.29 is 29.6 Å². The normalized spacial score (nSPS) is 48.2. The zero-order valence-corrected chi connectivity index (χ0v) is 16.7. The second-order valence-corrected chi connectivity index (χ2v) is 9.60. The molecule has 4 rings (SSSR count). The third-order valence-electron chi connectivity index (χ3n) is 8.59. The Morgan fingerprint density at radius 1 is 1.32 bits per heavy atom. The molecule has 0 amide bonds. The number of allylic oxidation sites excluding steroid dienone is 4. The van der Waals surface area contributed by atoms with Crippen LogP contribution in [0, 0.1) is 28.6 Å². The van der Waals surface area contributed by atoms with E-state index in [2.05, 4.69) is 11.7 Å². The summed E-state index contributed by atoms with van der Waals surface area (Å²) < 4.78 is 4.68. The maximum Gasteiger partial charge on any atom is 0.337 e. The quantitative estimate of drug-likeness (QED) is 0.618. The van der Waals surface area contributed by atoms with Crippen molar-refractivity contribution in [3.8, 4) is 0 Å². The van der Waals surface area contributed by atoms with Gasteiger partial charge in [-0.1, -0.05) is 25.5 Å². The van der Waals surface area contributed by atoms with E-state index in [9.17, 15) is 24.9 Å². The van der Waals surface area contributed by atoms with Crippen molar-refractivity contribution in [3.63, 3.8) is 0 Å².